The van der Waals surface area contributed by atoms with Gasteiger partial charge in [-0.25, -0.2) is 17.8 Å². The minimum atomic E-state index is -4.29. The van der Waals surface area contributed by atoms with Gasteiger partial charge in [0, 0.05) is 12.6 Å². The highest BCUT2D eigenvalue weighted by molar-refractivity contribution is 7.93. The molecule has 1 aliphatic carbocycles. The number of benzene rings is 1. The minimum Gasteiger partial charge on any atom is -0.382 e. The van der Waals surface area contributed by atoms with Crippen LogP contribution in [0.2, 0.25) is 5.02 Å². The molecule has 29 heavy (non-hydrogen) atoms. The Balaban J connectivity index is 1.74. The number of hydrogen-bond donors (Lipinski definition) is 2. The normalized spacial score (nSPS) is 16.7. The third kappa shape index (κ3) is 5.56. The topological polar surface area (TPSA) is 74.3 Å². The van der Waals surface area contributed by atoms with Crippen molar-refractivity contribution in [3.8, 4) is 0 Å². The average molecular weight is 465 g/mol. The highest BCUT2D eigenvalue weighted by Gasteiger charge is 2.39. The number of nitrogens with one attached hydrogen (secondary N) is 2. The summed E-state index contributed by atoms with van der Waals surface area (Å²) in [5, 5.41) is 2.36. The van der Waals surface area contributed by atoms with Gasteiger partial charge < -0.3 is 10.2 Å². The van der Waals surface area contributed by atoms with Gasteiger partial charge in [-0.2, -0.15) is 4.39 Å². The summed E-state index contributed by atoms with van der Waals surface area (Å²) in [7, 11) is -0.316. The first-order valence-corrected chi connectivity index (χ1v) is 11.7. The second-order valence-electron chi connectivity index (χ2n) is 7.85. The monoisotopic (exact) mass is 464 g/mol. The Hall–Kier alpha value is -1.49. The fourth-order valence-electron chi connectivity index (χ4n) is 2.99. The van der Waals surface area contributed by atoms with Crippen LogP contribution in [0.5, 0.6) is 0 Å². The van der Waals surface area contributed by atoms with Crippen molar-refractivity contribution in [1.82, 2.24) is 9.88 Å². The largest absolute Gasteiger partial charge is 0.382 e. The van der Waals surface area contributed by atoms with Crippen molar-refractivity contribution in [2.45, 2.75) is 37.1 Å². The van der Waals surface area contributed by atoms with Gasteiger partial charge in [0.15, 0.2) is 10.3 Å². The van der Waals surface area contributed by atoms with Crippen molar-refractivity contribution in [2.24, 2.45) is 5.41 Å². The summed E-state index contributed by atoms with van der Waals surface area (Å²) in [5.41, 5.74) is 0.668. The van der Waals surface area contributed by atoms with Crippen molar-refractivity contribution in [1.29, 1.82) is 0 Å². The Bertz CT molecular complexity index is 994. The van der Waals surface area contributed by atoms with Gasteiger partial charge in [-0.1, -0.05) is 29.9 Å². The molecule has 0 spiro atoms. The van der Waals surface area contributed by atoms with Gasteiger partial charge in [0.05, 0.1) is 16.9 Å². The molecule has 1 aromatic carbocycles. The summed E-state index contributed by atoms with van der Waals surface area (Å²) in [6, 6.07) is 2.33. The standard InChI is InChI=1S/C18H23ClF2N4O2S2/c1-18(4-5-18)8-11(25(2)3)9-22-14-7-13(20)15(6-12(14)19)29(26,27)24-17-23-10-16(21)28-17/h6-7,10-11,22H,4-5,8-9H2,1-3H3,(H,23,24)/t11-/m0/s1. The lowest BCUT2D eigenvalue weighted by Gasteiger charge is -2.28. The molecule has 2 aromatic rings. The first kappa shape index (κ1) is 22.2. The van der Waals surface area contributed by atoms with Gasteiger partial charge in [-0.05, 0) is 50.9 Å². The molecule has 1 aromatic heterocycles. The molecule has 6 nitrogen and oxygen atoms in total. The number of rotatable bonds is 9. The van der Waals surface area contributed by atoms with Gasteiger partial charge in [0.1, 0.15) is 10.7 Å². The molecular formula is C18H23ClF2N4O2S2. The second-order valence-corrected chi connectivity index (χ2v) is 10.9. The van der Waals surface area contributed by atoms with Crippen LogP contribution in [-0.4, -0.2) is 45.0 Å². The zero-order valence-electron chi connectivity index (χ0n) is 16.3. The number of nitrogens with zero attached hydrogens (tertiary/aromatic N) is 2. The molecular weight excluding hydrogens is 442 g/mol. The van der Waals surface area contributed by atoms with E-state index in [1.165, 1.54) is 12.8 Å². The molecule has 1 aliphatic rings. The third-order valence-electron chi connectivity index (χ3n) is 5.10. The van der Waals surface area contributed by atoms with Crippen molar-refractivity contribution >= 4 is 43.8 Å². The quantitative estimate of drug-likeness (QED) is 0.575. The van der Waals surface area contributed by atoms with Crippen molar-refractivity contribution in [3.05, 3.63) is 34.3 Å². The predicted octanol–water partition coefficient (Wildman–Crippen LogP) is 4.41. The fourth-order valence-corrected chi connectivity index (χ4v) is 5.16. The molecule has 11 heteroatoms. The molecule has 1 fully saturated rings. The molecule has 0 radical (unpaired) electrons. The summed E-state index contributed by atoms with van der Waals surface area (Å²) in [4.78, 5) is 5.06. The van der Waals surface area contributed by atoms with Crippen LogP contribution < -0.4 is 10.0 Å². The number of thiazole rings is 1. The maximum Gasteiger partial charge on any atom is 0.266 e. The summed E-state index contributed by atoms with van der Waals surface area (Å²) in [6.07, 6.45) is 4.29. The molecule has 0 aliphatic heterocycles. The van der Waals surface area contributed by atoms with Crippen molar-refractivity contribution in [2.75, 3.05) is 30.7 Å². The van der Waals surface area contributed by atoms with Crippen molar-refractivity contribution in [3.63, 3.8) is 0 Å². The number of aromatic nitrogens is 1. The van der Waals surface area contributed by atoms with Crippen LogP contribution in [0.3, 0.4) is 0 Å². The fraction of sp³-hybridized carbons (Fsp3) is 0.500. The number of hydrogen-bond acceptors (Lipinski definition) is 6. The van der Waals surface area contributed by atoms with Crippen molar-refractivity contribution < 1.29 is 17.2 Å². The van der Waals surface area contributed by atoms with Gasteiger partial charge >= 0.3 is 0 Å². The maximum atomic E-state index is 14.6. The number of likely N-dealkylation sites (N-methyl/N-ethyl adjacent to an activating group) is 1. The summed E-state index contributed by atoms with van der Waals surface area (Å²) in [6.45, 7) is 2.79. The van der Waals surface area contributed by atoms with E-state index in [0.717, 1.165) is 24.8 Å². The van der Waals surface area contributed by atoms with E-state index in [4.69, 9.17) is 11.6 Å². The van der Waals surface area contributed by atoms with Crippen LogP contribution in [0.25, 0.3) is 0 Å². The molecule has 1 atom stereocenters. The lowest BCUT2D eigenvalue weighted by molar-refractivity contribution is 0.252. The molecule has 0 amide bonds. The Morgan fingerprint density at radius 1 is 1.34 bits per heavy atom. The van der Waals surface area contributed by atoms with Gasteiger partial charge in [0.25, 0.3) is 10.0 Å². The van der Waals surface area contributed by atoms with E-state index >= 15 is 0 Å². The molecule has 2 N–H and O–H groups in total. The molecule has 0 unspecified atom stereocenters. The lowest BCUT2D eigenvalue weighted by Crippen LogP contribution is -2.36. The molecule has 160 valence electrons. The van der Waals surface area contributed by atoms with E-state index in [0.29, 0.717) is 29.0 Å². The minimum absolute atomic E-state index is 0.0761. The lowest BCUT2D eigenvalue weighted by atomic mass is 9.98. The van der Waals surface area contributed by atoms with Crippen LogP contribution in [0.15, 0.2) is 23.2 Å². The van der Waals surface area contributed by atoms with Gasteiger partial charge in [-0.15, -0.1) is 0 Å². The Labute approximate surface area is 178 Å². The highest BCUT2D eigenvalue weighted by atomic mass is 35.5. The Morgan fingerprint density at radius 2 is 2.03 bits per heavy atom. The van der Waals surface area contributed by atoms with Gasteiger partial charge in [-0.3, -0.25) is 4.72 Å². The summed E-state index contributed by atoms with van der Waals surface area (Å²) < 4.78 is 54.5. The third-order valence-corrected chi connectivity index (χ3v) is 7.60. The summed E-state index contributed by atoms with van der Waals surface area (Å²) >= 11 is 6.72. The first-order chi connectivity index (χ1) is 13.5. The molecule has 0 bridgehead atoms. The van der Waals surface area contributed by atoms with Crippen LogP contribution in [-0.2, 0) is 10.0 Å². The number of halogens is 3. The van der Waals surface area contributed by atoms with E-state index in [9.17, 15) is 17.2 Å². The average Bonchev–Trinajstić information content (AvgIpc) is 3.21. The summed E-state index contributed by atoms with van der Waals surface area (Å²) in [5.74, 6) is -0.961. The zero-order valence-corrected chi connectivity index (χ0v) is 18.7. The van der Waals surface area contributed by atoms with E-state index in [-0.39, 0.29) is 16.2 Å². The smallest absolute Gasteiger partial charge is 0.266 e. The Kier molecular flexibility index (Phi) is 6.38. The second kappa shape index (κ2) is 8.33. The number of sulfonamides is 1. The Morgan fingerprint density at radius 3 is 2.59 bits per heavy atom. The SMILES string of the molecule is CN(C)[C@H](CNc1cc(F)c(S(=O)(=O)Nc2ncc(F)s2)cc1Cl)CC1(C)CC1. The molecule has 1 heterocycles. The molecule has 0 saturated heterocycles. The predicted molar refractivity (Wildman–Crippen MR) is 112 cm³/mol. The number of anilines is 2. The zero-order chi connectivity index (χ0) is 21.4. The van der Waals surface area contributed by atoms with Crippen LogP contribution >= 0.6 is 22.9 Å². The van der Waals surface area contributed by atoms with E-state index in [2.05, 4.69) is 26.8 Å². The van der Waals surface area contributed by atoms with E-state index < -0.39 is 25.9 Å². The first-order valence-electron chi connectivity index (χ1n) is 9.03. The van der Waals surface area contributed by atoms with Crippen LogP contribution in [0.1, 0.15) is 26.2 Å². The van der Waals surface area contributed by atoms with Crippen LogP contribution in [0, 0.1) is 16.4 Å². The highest BCUT2D eigenvalue weighted by Crippen LogP contribution is 2.49. The van der Waals surface area contributed by atoms with E-state index in [1.807, 2.05) is 14.1 Å². The van der Waals surface area contributed by atoms with Crippen LogP contribution in [0.4, 0.5) is 19.6 Å². The maximum absolute atomic E-state index is 14.6. The van der Waals surface area contributed by atoms with Gasteiger partial charge in [0.2, 0.25) is 0 Å². The molecule has 3 rings (SSSR count). The molecule has 1 saturated carbocycles. The van der Waals surface area contributed by atoms with E-state index in [1.54, 1.807) is 0 Å².